The van der Waals surface area contributed by atoms with E-state index in [4.69, 9.17) is 31.2 Å². The smallest absolute Gasteiger partial charge is 0.478 e. The molecule has 0 spiro atoms. The summed E-state index contributed by atoms with van der Waals surface area (Å²) >= 11 is 0. The third kappa shape index (κ3) is 9.27. The molecule has 0 bridgehead atoms. The highest BCUT2D eigenvalue weighted by molar-refractivity contribution is 7.60. The van der Waals surface area contributed by atoms with Crippen molar-refractivity contribution < 1.29 is 71.5 Å². The Morgan fingerprint density at radius 3 is 2.44 bits per heavy atom. The molecule has 10 atom stereocenters. The molecule has 0 aromatic carbocycles. The fourth-order valence-corrected chi connectivity index (χ4v) is 7.66. The lowest BCUT2D eigenvalue weighted by molar-refractivity contribution is -0.765. The number of aliphatic hydroxyl groups is 4. The van der Waals surface area contributed by atoms with Crippen LogP contribution in [0.2, 0.25) is 0 Å². The first-order valence-corrected chi connectivity index (χ1v) is 19.0. The Morgan fingerprint density at radius 2 is 1.71 bits per heavy atom. The summed E-state index contributed by atoms with van der Waals surface area (Å²) < 4.78 is 52.6. The number of ether oxygens (including phenoxy) is 2. The van der Waals surface area contributed by atoms with E-state index < -0.39 is 83.8 Å². The van der Waals surface area contributed by atoms with Crippen molar-refractivity contribution in [3.63, 3.8) is 0 Å². The highest BCUT2D eigenvalue weighted by Gasteiger charge is 2.49. The van der Waals surface area contributed by atoms with Gasteiger partial charge in [-0.05, 0) is 25.5 Å². The van der Waals surface area contributed by atoms with Crippen LogP contribution in [0.5, 0.6) is 0 Å². The van der Waals surface area contributed by atoms with Crippen LogP contribution >= 0.6 is 15.6 Å². The number of aliphatic hydroxyl groups excluding tert-OH is 4. The predicted octanol–water partition coefficient (Wildman–Crippen LogP) is -2.72. The Labute approximate surface area is 295 Å². The van der Waals surface area contributed by atoms with Gasteiger partial charge in [-0.15, -0.1) is 0 Å². The first-order chi connectivity index (χ1) is 24.6. The molecule has 2 unspecified atom stereocenters. The van der Waals surface area contributed by atoms with Crippen molar-refractivity contribution in [1.29, 1.82) is 0 Å². The monoisotopic (exact) mass is 777 g/mol. The van der Waals surface area contributed by atoms with Gasteiger partial charge in [0.05, 0.1) is 13.2 Å². The second kappa shape index (κ2) is 16.8. The number of aromatic nitrogens is 5. The lowest BCUT2D eigenvalue weighted by atomic mass is 10.1. The molecule has 5 heterocycles. The summed E-state index contributed by atoms with van der Waals surface area (Å²) in [4.78, 5) is 46.7. The van der Waals surface area contributed by atoms with E-state index in [1.54, 1.807) is 0 Å². The zero-order valence-corrected chi connectivity index (χ0v) is 29.2. The lowest BCUT2D eigenvalue weighted by Gasteiger charge is -2.26. The molecule has 0 radical (unpaired) electrons. The van der Waals surface area contributed by atoms with E-state index >= 15 is 0 Å². The van der Waals surface area contributed by atoms with Crippen LogP contribution in [0.15, 0.2) is 30.9 Å². The number of fused-ring (bicyclic) bond motifs is 1. The van der Waals surface area contributed by atoms with E-state index in [-0.39, 0.29) is 28.5 Å². The number of anilines is 2. The van der Waals surface area contributed by atoms with Crippen molar-refractivity contribution in [2.75, 3.05) is 37.4 Å². The molecule has 0 aliphatic carbocycles. The van der Waals surface area contributed by atoms with Gasteiger partial charge in [0.25, 0.3) is 20.0 Å². The van der Waals surface area contributed by atoms with Crippen LogP contribution in [0.3, 0.4) is 0 Å². The second-order valence-corrected chi connectivity index (χ2v) is 15.0. The van der Waals surface area contributed by atoms with E-state index in [9.17, 15) is 44.1 Å². The number of phosphoric ester groups is 2. The van der Waals surface area contributed by atoms with Crippen LogP contribution in [-0.4, -0.2) is 114 Å². The minimum atomic E-state index is -5.66. The van der Waals surface area contributed by atoms with E-state index in [0.29, 0.717) is 13.1 Å². The zero-order valence-electron chi connectivity index (χ0n) is 27.4. The molecule has 0 saturated carbocycles. The summed E-state index contributed by atoms with van der Waals surface area (Å²) in [5.74, 6) is -0.571. The van der Waals surface area contributed by atoms with Gasteiger partial charge < -0.3 is 66.7 Å². The summed E-state index contributed by atoms with van der Waals surface area (Å²) in [5, 5.41) is 45.7. The molecule has 3 aromatic rings. The highest BCUT2D eigenvalue weighted by Crippen LogP contribution is 2.58. The van der Waals surface area contributed by atoms with Crippen molar-refractivity contribution in [3.05, 3.63) is 36.4 Å². The number of primary amides is 1. The van der Waals surface area contributed by atoms with Crippen LogP contribution in [0.4, 0.5) is 11.8 Å². The number of hydrogen-bond donors (Lipinski definition) is 9. The van der Waals surface area contributed by atoms with Gasteiger partial charge in [0.1, 0.15) is 42.4 Å². The summed E-state index contributed by atoms with van der Waals surface area (Å²) in [6.07, 6.45) is -5.09. The molecular formula is C27H41N9O14P2. The first-order valence-electron chi connectivity index (χ1n) is 16.0. The number of carbonyl (C=O) groups is 1. The van der Waals surface area contributed by atoms with Gasteiger partial charge in [0, 0.05) is 12.6 Å². The first kappa shape index (κ1) is 39.9. The number of nitrogen functional groups attached to an aromatic ring is 1. The van der Waals surface area contributed by atoms with Gasteiger partial charge in [-0.3, -0.25) is 18.5 Å². The van der Waals surface area contributed by atoms with Crippen molar-refractivity contribution in [2.24, 2.45) is 11.5 Å². The fourth-order valence-electron chi connectivity index (χ4n) is 5.61. The lowest BCUT2D eigenvalue weighted by Crippen LogP contribution is -2.46. The SMILES string of the molecule is NCCCCCCNc1nc2c(N)ncnc2n1[C@@H]1O[C@H](COP(=O)(O)OP(=O)([O-])OC[C@H]2O[C@@H]([n+]3cccc(C(N)=O)c3)[C@H](O)[C@@H]2O)[C@@H](O)[C@H]1O. The third-order valence-electron chi connectivity index (χ3n) is 8.25. The number of nitrogens with zero attached hydrogens (tertiary/aromatic N) is 5. The molecule has 2 saturated heterocycles. The second-order valence-electron chi connectivity index (χ2n) is 12.0. The third-order valence-corrected chi connectivity index (χ3v) is 10.8. The quantitative estimate of drug-likeness (QED) is 0.0360. The van der Waals surface area contributed by atoms with Gasteiger partial charge in [0.15, 0.2) is 41.7 Å². The van der Waals surface area contributed by atoms with E-state index in [1.807, 2.05) is 0 Å². The predicted molar refractivity (Wildman–Crippen MR) is 173 cm³/mol. The van der Waals surface area contributed by atoms with Crippen molar-refractivity contribution in [2.45, 2.75) is 74.8 Å². The van der Waals surface area contributed by atoms with Crippen molar-refractivity contribution in [1.82, 2.24) is 19.5 Å². The molecule has 52 heavy (non-hydrogen) atoms. The normalized spacial score (nSPS) is 28.5. The molecule has 2 aliphatic heterocycles. The van der Waals surface area contributed by atoms with E-state index in [0.717, 1.165) is 32.0 Å². The average Bonchev–Trinajstić information content (AvgIpc) is 3.70. The standard InChI is InChI=1S/C27H41N9O14P2/c28-7-3-1-2-4-8-31-27-34-17-22(29)32-13-33-24(17)36(27)26-21(40)19(38)16(49-26)12-47-52(44,45)50-51(42,43)46-11-15-18(37)20(39)25(48-15)35-9-5-6-14(10-35)23(30)41/h5-6,9-10,13,15-16,18-21,25-26,37-40H,1-4,7-8,11-12,28H2,(H6-,29,30,31,32,33,34,41,42,43,44,45)/t15-,16-,18-,19-,20-,21-,25-,26-/m1/s1. The Bertz CT molecular complexity index is 1810. The van der Waals surface area contributed by atoms with Crippen molar-refractivity contribution >= 4 is 44.5 Å². The van der Waals surface area contributed by atoms with Crippen LogP contribution in [0.25, 0.3) is 11.2 Å². The Balaban J connectivity index is 1.18. The van der Waals surface area contributed by atoms with Gasteiger partial charge in [-0.1, -0.05) is 12.8 Å². The van der Waals surface area contributed by atoms with Crippen molar-refractivity contribution in [3.8, 4) is 0 Å². The summed E-state index contributed by atoms with van der Waals surface area (Å²) in [6, 6.07) is 2.82. The summed E-state index contributed by atoms with van der Waals surface area (Å²) in [6.45, 7) is -0.881. The summed E-state index contributed by atoms with van der Waals surface area (Å²) in [5.41, 5.74) is 17.2. The number of unbranched alkanes of at least 4 members (excludes halogenated alkanes) is 3. The molecule has 23 nitrogen and oxygen atoms in total. The maximum Gasteiger partial charge on any atom is 0.478 e. The van der Waals surface area contributed by atoms with Crippen LogP contribution < -0.4 is 32.0 Å². The number of phosphoric acid groups is 2. The van der Waals surface area contributed by atoms with Crippen LogP contribution in [0, 0.1) is 0 Å². The highest BCUT2D eigenvalue weighted by atomic mass is 31.3. The topological polar surface area (TPSA) is 359 Å². The van der Waals surface area contributed by atoms with Crippen LogP contribution in [0.1, 0.15) is 48.5 Å². The maximum atomic E-state index is 12.6. The Morgan fingerprint density at radius 1 is 1.02 bits per heavy atom. The number of nitrogens with two attached hydrogens (primary N) is 3. The Hall–Kier alpha value is -3.25. The van der Waals surface area contributed by atoms with Gasteiger partial charge in [-0.25, -0.2) is 23.8 Å². The average molecular weight is 778 g/mol. The minimum Gasteiger partial charge on any atom is -0.756 e. The summed E-state index contributed by atoms with van der Waals surface area (Å²) in [7, 11) is -11.1. The Kier molecular flexibility index (Phi) is 12.9. The molecule has 288 valence electrons. The molecule has 3 aromatic heterocycles. The largest absolute Gasteiger partial charge is 0.756 e. The van der Waals surface area contributed by atoms with E-state index in [2.05, 4.69) is 29.1 Å². The fraction of sp³-hybridized carbons (Fsp3) is 0.593. The number of hydrogen-bond acceptors (Lipinski definition) is 19. The molecule has 12 N–H and O–H groups in total. The molecule has 1 amide bonds. The van der Waals surface area contributed by atoms with Gasteiger partial charge in [0.2, 0.25) is 5.95 Å². The van der Waals surface area contributed by atoms with Gasteiger partial charge >= 0.3 is 7.82 Å². The molecule has 25 heteroatoms. The number of pyridine rings is 1. The minimum absolute atomic E-state index is 0.0316. The van der Waals surface area contributed by atoms with Gasteiger partial charge in [-0.2, -0.15) is 4.57 Å². The molecular weight excluding hydrogens is 736 g/mol. The number of amides is 1. The number of carbonyl (C=O) groups excluding carboxylic acids is 1. The van der Waals surface area contributed by atoms with Crippen LogP contribution in [-0.2, 0) is 32.0 Å². The molecule has 2 aliphatic rings. The number of rotatable bonds is 18. The zero-order chi connectivity index (χ0) is 37.8. The van der Waals surface area contributed by atoms with E-state index in [1.165, 1.54) is 33.7 Å². The number of imidazole rings is 1. The molecule has 5 rings (SSSR count). The number of nitrogens with one attached hydrogen (secondary N) is 1. The molecule has 2 fully saturated rings. The maximum absolute atomic E-state index is 12.6.